The van der Waals surface area contributed by atoms with Crippen LogP contribution in [0, 0.1) is 13.8 Å². The molecular formula is C32H33NO7Y2-4. The molecular weight excluding hydrogens is 688 g/mol. The molecule has 0 aliphatic carbocycles. The van der Waals surface area contributed by atoms with Gasteiger partial charge in [0.05, 0.1) is 18.1 Å². The Kier molecular flexibility index (Phi) is 25.1. The number of carbonyl (C=O) groups excluding carboxylic acids is 2. The summed E-state index contributed by atoms with van der Waals surface area (Å²) in [6, 6.07) is 27.1. The normalized spacial score (nSPS) is 8.76. The molecule has 4 rings (SSSR count). The van der Waals surface area contributed by atoms with E-state index in [0.29, 0.717) is 19.6 Å². The first-order valence-electron chi connectivity index (χ1n) is 12.1. The summed E-state index contributed by atoms with van der Waals surface area (Å²) in [5.74, 6) is 1.07. The number of ether oxygens (including phenoxy) is 1. The number of hydrogen-bond donors (Lipinski definition) is 5. The van der Waals surface area contributed by atoms with Crippen LogP contribution in [0.25, 0.3) is 0 Å². The van der Waals surface area contributed by atoms with E-state index >= 15 is 0 Å². The Morgan fingerprint density at radius 1 is 0.571 bits per heavy atom. The fraction of sp³-hybridized carbons (Fsp3) is 0.125. The summed E-state index contributed by atoms with van der Waals surface area (Å²) < 4.78 is 4.40. The van der Waals surface area contributed by atoms with Crippen molar-refractivity contribution in [3.63, 3.8) is 0 Å². The van der Waals surface area contributed by atoms with E-state index in [-0.39, 0.29) is 88.4 Å². The van der Waals surface area contributed by atoms with E-state index in [0.717, 1.165) is 28.7 Å². The van der Waals surface area contributed by atoms with Gasteiger partial charge in [-0.25, -0.2) is 0 Å². The zero-order valence-corrected chi connectivity index (χ0v) is 28.8. The summed E-state index contributed by atoms with van der Waals surface area (Å²) in [6.07, 6.45) is 3.01. The Morgan fingerprint density at radius 2 is 0.905 bits per heavy atom. The first kappa shape index (κ1) is 41.1. The monoisotopic (exact) mass is 721 g/mol. The Bertz CT molecular complexity index is 1080. The van der Waals surface area contributed by atoms with Gasteiger partial charge in [-0.2, -0.15) is 55.6 Å². The summed E-state index contributed by atoms with van der Waals surface area (Å²) >= 11 is 0. The van der Waals surface area contributed by atoms with Gasteiger partial charge in [0.25, 0.3) is 0 Å². The van der Waals surface area contributed by atoms with Gasteiger partial charge in [-0.15, -0.1) is 0 Å². The Balaban J connectivity index is 0. The van der Waals surface area contributed by atoms with Crippen molar-refractivity contribution in [3.8, 4) is 23.0 Å². The van der Waals surface area contributed by atoms with Crippen LogP contribution in [0.3, 0.4) is 0 Å². The second kappa shape index (κ2) is 25.7. The fourth-order valence-corrected chi connectivity index (χ4v) is 2.79. The van der Waals surface area contributed by atoms with E-state index < -0.39 is 0 Å². The Morgan fingerprint density at radius 3 is 1.21 bits per heavy atom. The second-order valence-corrected chi connectivity index (χ2v) is 8.13. The third kappa shape index (κ3) is 21.7. The third-order valence-corrected chi connectivity index (χ3v) is 4.91. The number of amides is 1. The van der Waals surface area contributed by atoms with Gasteiger partial charge < -0.3 is 40.1 Å². The molecule has 4 aromatic rings. The number of hydrogen-bond acceptors (Lipinski definition) is 7. The SMILES string of the molecule is O=[C-]NCCc1ccc(O)cc1.O=[C-]OCCc1ccc(O)cc1.[CH2-]c1ccc(O)cc1.[CH2-]c1ccc(O)cc1.[Y].[Y]. The molecule has 0 spiro atoms. The number of nitrogens with one attached hydrogen (secondary N) is 1. The Labute approximate surface area is 297 Å². The second-order valence-electron chi connectivity index (χ2n) is 8.13. The van der Waals surface area contributed by atoms with Gasteiger partial charge in [0.1, 0.15) is 11.5 Å². The number of phenolic OH excluding ortho intramolecular Hbond substituents is 4. The van der Waals surface area contributed by atoms with E-state index in [1.165, 1.54) is 6.47 Å². The average molecular weight is 721 g/mol. The van der Waals surface area contributed by atoms with Crippen LogP contribution in [0.4, 0.5) is 0 Å². The van der Waals surface area contributed by atoms with Crippen LogP contribution in [0.1, 0.15) is 22.3 Å². The fourth-order valence-electron chi connectivity index (χ4n) is 2.79. The standard InChI is InChI=1S/C9H10NO2.C9H9O3.2C7H7O.2Y/c11-7-10-6-5-8-1-3-9(12)4-2-8;10-7-12-6-5-8-1-3-9(11)4-2-8;2*1-6-2-4-7(8)5-3-6;;/h1-4,12H,5-6H2,(H,10,11);1-4,11H,5-6H2;2*2-5,8H,1H2;;/q4*-1;;. The predicted octanol–water partition coefficient (Wildman–Crippen LogP) is 4.75. The predicted molar refractivity (Wildman–Crippen MR) is 154 cm³/mol. The van der Waals surface area contributed by atoms with E-state index in [9.17, 15) is 9.59 Å². The molecule has 0 bridgehead atoms. The maximum Gasteiger partial charge on any atom is 0.115 e. The van der Waals surface area contributed by atoms with Gasteiger partial charge in [-0.1, -0.05) is 55.0 Å². The average Bonchev–Trinajstić information content (AvgIpc) is 2.95. The molecule has 0 fully saturated rings. The minimum Gasteiger partial charge on any atom is -0.652 e. The minimum atomic E-state index is 0. The molecule has 42 heavy (non-hydrogen) atoms. The van der Waals surface area contributed by atoms with Crippen LogP contribution in [0.2, 0.25) is 0 Å². The van der Waals surface area contributed by atoms with Crippen molar-refractivity contribution >= 4 is 12.9 Å². The van der Waals surface area contributed by atoms with Gasteiger partial charge >= 0.3 is 0 Å². The number of benzene rings is 4. The van der Waals surface area contributed by atoms with Crippen molar-refractivity contribution in [3.05, 3.63) is 133 Å². The van der Waals surface area contributed by atoms with Crippen molar-refractivity contribution in [2.45, 2.75) is 12.8 Å². The van der Waals surface area contributed by atoms with Crippen LogP contribution in [0.15, 0.2) is 97.1 Å². The van der Waals surface area contributed by atoms with Gasteiger partial charge in [0, 0.05) is 71.8 Å². The number of phenols is 4. The maximum atomic E-state index is 9.77. The molecule has 1 amide bonds. The number of rotatable bonds is 8. The molecule has 0 heterocycles. The van der Waals surface area contributed by atoms with Crippen molar-refractivity contribution in [2.75, 3.05) is 13.2 Å². The van der Waals surface area contributed by atoms with Crippen LogP contribution < -0.4 is 5.32 Å². The quantitative estimate of drug-likeness (QED) is 0.101. The van der Waals surface area contributed by atoms with Crippen molar-refractivity contribution in [1.29, 1.82) is 0 Å². The van der Waals surface area contributed by atoms with Gasteiger partial charge in [0.15, 0.2) is 0 Å². The molecule has 0 atom stereocenters. The Hall–Kier alpha value is -3.03. The first-order valence-corrected chi connectivity index (χ1v) is 12.1. The summed E-state index contributed by atoms with van der Waals surface area (Å²) in [7, 11) is 0. The smallest absolute Gasteiger partial charge is 0.115 e. The minimum absolute atomic E-state index is 0. The number of aromatic hydroxyl groups is 4. The first-order chi connectivity index (χ1) is 19.2. The molecule has 2 radical (unpaired) electrons. The topological polar surface area (TPSA) is 136 Å². The molecule has 0 unspecified atom stereocenters. The summed E-state index contributed by atoms with van der Waals surface area (Å²) in [5, 5.41) is 37.8. The molecule has 0 saturated heterocycles. The van der Waals surface area contributed by atoms with Crippen LogP contribution >= 0.6 is 0 Å². The van der Waals surface area contributed by atoms with Gasteiger partial charge in [-0.05, 0) is 48.4 Å². The maximum absolute atomic E-state index is 9.77. The zero-order chi connectivity index (χ0) is 29.6. The summed E-state index contributed by atoms with van der Waals surface area (Å²) in [6.45, 7) is 9.56. The molecule has 8 nitrogen and oxygen atoms in total. The molecule has 5 N–H and O–H groups in total. The van der Waals surface area contributed by atoms with Crippen molar-refractivity contribution < 1.29 is 100 Å². The van der Waals surface area contributed by atoms with E-state index in [4.69, 9.17) is 20.4 Å². The molecule has 4 aromatic carbocycles. The molecule has 0 aliphatic heterocycles. The van der Waals surface area contributed by atoms with E-state index in [2.05, 4.69) is 23.9 Å². The van der Waals surface area contributed by atoms with Crippen LogP contribution in [0.5, 0.6) is 23.0 Å². The van der Waals surface area contributed by atoms with Crippen LogP contribution in [-0.2, 0) is 92.6 Å². The molecule has 0 aliphatic rings. The van der Waals surface area contributed by atoms with Crippen molar-refractivity contribution in [2.24, 2.45) is 0 Å². The molecule has 0 aromatic heterocycles. The van der Waals surface area contributed by atoms with E-state index in [1.54, 1.807) is 91.3 Å². The van der Waals surface area contributed by atoms with Gasteiger partial charge in [-0.3, -0.25) is 0 Å². The summed E-state index contributed by atoms with van der Waals surface area (Å²) in [5.41, 5.74) is 3.93. The largest absolute Gasteiger partial charge is 0.652 e. The summed E-state index contributed by atoms with van der Waals surface area (Å²) in [4.78, 5) is 19.4. The third-order valence-electron chi connectivity index (χ3n) is 4.91. The molecule has 218 valence electrons. The van der Waals surface area contributed by atoms with E-state index in [1.807, 2.05) is 12.1 Å². The molecule has 0 saturated carbocycles. The van der Waals surface area contributed by atoms with Crippen LogP contribution in [-0.4, -0.2) is 46.5 Å². The van der Waals surface area contributed by atoms with Crippen molar-refractivity contribution in [1.82, 2.24) is 5.32 Å². The molecule has 10 heteroatoms. The zero-order valence-electron chi connectivity index (χ0n) is 23.1. The van der Waals surface area contributed by atoms with Gasteiger partial charge in [0.2, 0.25) is 0 Å².